The maximum atomic E-state index is 12.2. The van der Waals surface area contributed by atoms with Crippen LogP contribution in [-0.2, 0) is 11.0 Å². The number of carbonyl (C=O) groups excluding carboxylic acids is 1. The van der Waals surface area contributed by atoms with Crippen molar-refractivity contribution < 1.29 is 27.9 Å². The lowest BCUT2D eigenvalue weighted by Crippen LogP contribution is -2.40. The summed E-state index contributed by atoms with van der Waals surface area (Å²) in [7, 11) is 0. The Hall–Kier alpha value is -1.64. The second-order valence-electron chi connectivity index (χ2n) is 3.31. The van der Waals surface area contributed by atoms with Crippen LogP contribution in [0.1, 0.15) is 28.8 Å². The minimum Gasteiger partial charge on any atom is -0.480 e. The monoisotopic (exact) mass is 282 g/mol. The van der Waals surface area contributed by atoms with Crippen molar-refractivity contribution in [1.82, 2.24) is 10.3 Å². The molecular weight excluding hydrogens is 273 g/mol. The molecule has 0 saturated carbocycles. The zero-order chi connectivity index (χ0) is 13.9. The van der Waals surface area contributed by atoms with Gasteiger partial charge in [-0.3, -0.25) is 4.79 Å². The Morgan fingerprint density at radius 2 is 2.17 bits per heavy atom. The van der Waals surface area contributed by atoms with Crippen LogP contribution in [0.2, 0.25) is 0 Å². The van der Waals surface area contributed by atoms with Gasteiger partial charge in [-0.25, -0.2) is 9.78 Å². The molecule has 0 aromatic carbocycles. The van der Waals surface area contributed by atoms with Crippen LogP contribution in [0.15, 0.2) is 5.38 Å². The van der Waals surface area contributed by atoms with E-state index in [1.807, 2.05) is 0 Å². The van der Waals surface area contributed by atoms with E-state index in [0.717, 1.165) is 5.38 Å². The topological polar surface area (TPSA) is 79.3 Å². The average Bonchev–Trinajstić information content (AvgIpc) is 2.73. The maximum Gasteiger partial charge on any atom is 0.443 e. The van der Waals surface area contributed by atoms with E-state index < -0.39 is 34.8 Å². The first kappa shape index (κ1) is 14.4. The molecule has 0 aliphatic rings. The van der Waals surface area contributed by atoms with E-state index >= 15 is 0 Å². The first-order valence-electron chi connectivity index (χ1n) is 4.82. The Kier molecular flexibility index (Phi) is 4.28. The molecule has 0 spiro atoms. The predicted molar refractivity (Wildman–Crippen MR) is 56.3 cm³/mol. The van der Waals surface area contributed by atoms with Gasteiger partial charge in [-0.2, -0.15) is 13.2 Å². The molecule has 1 atom stereocenters. The van der Waals surface area contributed by atoms with E-state index in [2.05, 4.69) is 10.3 Å². The Morgan fingerprint density at radius 1 is 1.56 bits per heavy atom. The molecule has 100 valence electrons. The van der Waals surface area contributed by atoms with Gasteiger partial charge in [0.25, 0.3) is 5.91 Å². The SMILES string of the molecule is CCC(NC(=O)c1csc(C(F)(F)F)n1)C(=O)O. The number of hydrogen-bond acceptors (Lipinski definition) is 4. The lowest BCUT2D eigenvalue weighted by Gasteiger charge is -2.10. The van der Waals surface area contributed by atoms with Crippen LogP contribution in [-0.4, -0.2) is 28.0 Å². The number of thiazole rings is 1. The fraction of sp³-hybridized carbons (Fsp3) is 0.444. The second kappa shape index (κ2) is 5.34. The smallest absolute Gasteiger partial charge is 0.443 e. The zero-order valence-corrected chi connectivity index (χ0v) is 9.93. The molecule has 0 aliphatic carbocycles. The third-order valence-electron chi connectivity index (χ3n) is 1.99. The van der Waals surface area contributed by atoms with Gasteiger partial charge in [0.15, 0.2) is 5.01 Å². The summed E-state index contributed by atoms with van der Waals surface area (Å²) >= 11 is 0.284. The highest BCUT2D eigenvalue weighted by atomic mass is 32.1. The van der Waals surface area contributed by atoms with E-state index in [1.54, 1.807) is 0 Å². The molecule has 2 N–H and O–H groups in total. The Balaban J connectivity index is 2.79. The number of rotatable bonds is 4. The Labute approximate surface area is 104 Å². The van der Waals surface area contributed by atoms with E-state index in [1.165, 1.54) is 6.92 Å². The van der Waals surface area contributed by atoms with Gasteiger partial charge in [-0.05, 0) is 6.42 Å². The van der Waals surface area contributed by atoms with Crippen molar-refractivity contribution in [1.29, 1.82) is 0 Å². The number of nitrogens with one attached hydrogen (secondary N) is 1. The van der Waals surface area contributed by atoms with Crippen molar-refractivity contribution in [2.45, 2.75) is 25.6 Å². The number of nitrogens with zero attached hydrogens (tertiary/aromatic N) is 1. The van der Waals surface area contributed by atoms with Crippen molar-refractivity contribution in [3.8, 4) is 0 Å². The standard InChI is InChI=1S/C9H9F3N2O3S/c1-2-4(7(16)17)13-6(15)5-3-18-8(14-5)9(10,11)12/h3-4H,2H2,1H3,(H,13,15)(H,16,17). The molecule has 1 rings (SSSR count). The van der Waals surface area contributed by atoms with Crippen LogP contribution in [0.4, 0.5) is 13.2 Å². The predicted octanol–water partition coefficient (Wildman–Crippen LogP) is 1.75. The Bertz CT molecular complexity index is 458. The quantitative estimate of drug-likeness (QED) is 0.881. The minimum atomic E-state index is -4.61. The van der Waals surface area contributed by atoms with Gasteiger partial charge in [-0.1, -0.05) is 6.92 Å². The van der Waals surface area contributed by atoms with E-state index in [9.17, 15) is 22.8 Å². The van der Waals surface area contributed by atoms with Crippen LogP contribution >= 0.6 is 11.3 Å². The highest BCUT2D eigenvalue weighted by Crippen LogP contribution is 2.31. The van der Waals surface area contributed by atoms with Crippen molar-refractivity contribution in [3.05, 3.63) is 16.1 Å². The molecule has 18 heavy (non-hydrogen) atoms. The number of aromatic nitrogens is 1. The summed E-state index contributed by atoms with van der Waals surface area (Å²) in [5, 5.41) is 10.6. The molecule has 0 aliphatic heterocycles. The maximum absolute atomic E-state index is 12.2. The van der Waals surface area contributed by atoms with Gasteiger partial charge in [0, 0.05) is 5.38 Å². The van der Waals surface area contributed by atoms with Gasteiger partial charge >= 0.3 is 12.1 Å². The van der Waals surface area contributed by atoms with Crippen LogP contribution in [0.25, 0.3) is 0 Å². The summed E-state index contributed by atoms with van der Waals surface area (Å²) in [6, 6.07) is -1.14. The number of carboxylic acid groups (broad SMARTS) is 1. The normalized spacial score (nSPS) is 13.1. The van der Waals surface area contributed by atoms with Gasteiger partial charge in [-0.15, -0.1) is 11.3 Å². The number of carboxylic acids is 1. The molecule has 1 unspecified atom stereocenters. The molecule has 1 aromatic heterocycles. The number of carbonyl (C=O) groups is 2. The highest BCUT2D eigenvalue weighted by molar-refractivity contribution is 7.09. The number of halogens is 3. The molecular formula is C9H9F3N2O3S. The fourth-order valence-electron chi connectivity index (χ4n) is 1.08. The van der Waals surface area contributed by atoms with Gasteiger partial charge in [0.05, 0.1) is 0 Å². The largest absolute Gasteiger partial charge is 0.480 e. The lowest BCUT2D eigenvalue weighted by molar-refractivity contribution is -0.139. The van der Waals surface area contributed by atoms with E-state index in [-0.39, 0.29) is 17.8 Å². The van der Waals surface area contributed by atoms with Crippen molar-refractivity contribution >= 4 is 23.2 Å². The summed E-state index contributed by atoms with van der Waals surface area (Å²) in [4.78, 5) is 25.2. The number of hydrogen-bond donors (Lipinski definition) is 2. The molecule has 0 bridgehead atoms. The molecule has 0 radical (unpaired) electrons. The summed E-state index contributed by atoms with van der Waals surface area (Å²) in [6.07, 6.45) is -4.49. The lowest BCUT2D eigenvalue weighted by atomic mass is 10.2. The number of aliphatic carboxylic acids is 1. The highest BCUT2D eigenvalue weighted by Gasteiger charge is 2.35. The van der Waals surface area contributed by atoms with E-state index in [0.29, 0.717) is 0 Å². The van der Waals surface area contributed by atoms with Crippen LogP contribution < -0.4 is 5.32 Å². The molecule has 1 aromatic rings. The average molecular weight is 282 g/mol. The molecule has 0 fully saturated rings. The van der Waals surface area contributed by atoms with Crippen LogP contribution in [0.3, 0.4) is 0 Å². The van der Waals surface area contributed by atoms with E-state index in [4.69, 9.17) is 5.11 Å². The number of alkyl halides is 3. The van der Waals surface area contributed by atoms with Gasteiger partial charge in [0.2, 0.25) is 0 Å². The van der Waals surface area contributed by atoms with Gasteiger partial charge in [0.1, 0.15) is 11.7 Å². The number of amides is 1. The summed E-state index contributed by atoms with van der Waals surface area (Å²) in [6.45, 7) is 1.53. The first-order valence-corrected chi connectivity index (χ1v) is 5.70. The molecule has 1 heterocycles. The minimum absolute atomic E-state index is 0.122. The third kappa shape index (κ3) is 3.42. The summed E-state index contributed by atoms with van der Waals surface area (Å²) < 4.78 is 36.7. The summed E-state index contributed by atoms with van der Waals surface area (Å²) in [5.41, 5.74) is -0.438. The molecule has 5 nitrogen and oxygen atoms in total. The molecule has 0 saturated heterocycles. The van der Waals surface area contributed by atoms with Crippen LogP contribution in [0, 0.1) is 0 Å². The summed E-state index contributed by atoms with van der Waals surface area (Å²) in [5.74, 6) is -2.19. The molecule has 1 amide bonds. The first-order chi connectivity index (χ1) is 8.25. The van der Waals surface area contributed by atoms with Crippen molar-refractivity contribution in [3.63, 3.8) is 0 Å². The van der Waals surface area contributed by atoms with Crippen LogP contribution in [0.5, 0.6) is 0 Å². The molecule has 9 heteroatoms. The zero-order valence-electron chi connectivity index (χ0n) is 9.11. The van der Waals surface area contributed by atoms with Gasteiger partial charge < -0.3 is 10.4 Å². The third-order valence-corrected chi connectivity index (χ3v) is 2.88. The van der Waals surface area contributed by atoms with Crippen molar-refractivity contribution in [2.24, 2.45) is 0 Å². The Morgan fingerprint density at radius 3 is 2.56 bits per heavy atom. The second-order valence-corrected chi connectivity index (χ2v) is 4.17. The van der Waals surface area contributed by atoms with Crippen molar-refractivity contribution in [2.75, 3.05) is 0 Å². The fourth-order valence-corrected chi connectivity index (χ4v) is 1.75.